The first-order valence-corrected chi connectivity index (χ1v) is 10.0. The highest BCUT2D eigenvalue weighted by Gasteiger charge is 2.25. The van der Waals surface area contributed by atoms with Crippen molar-refractivity contribution in [3.8, 4) is 0 Å². The van der Waals surface area contributed by atoms with Crippen molar-refractivity contribution in [1.82, 2.24) is 15.1 Å². The minimum atomic E-state index is -0.762. The Hall–Kier alpha value is -1.14. The minimum Gasteiger partial charge on any atom is -0.480 e. The van der Waals surface area contributed by atoms with Crippen LogP contribution in [0.2, 0.25) is 0 Å². The van der Waals surface area contributed by atoms with Crippen LogP contribution < -0.4 is 5.32 Å². The molecule has 0 aromatic carbocycles. The first-order valence-electron chi connectivity index (χ1n) is 10.0. The highest BCUT2D eigenvalue weighted by atomic mass is 16.4. The Kier molecular flexibility index (Phi) is 8.68. The lowest BCUT2D eigenvalue weighted by Gasteiger charge is -2.37. The molecule has 6 nitrogen and oxygen atoms in total. The number of nitrogens with zero attached hydrogens (tertiary/aromatic N) is 2. The topological polar surface area (TPSA) is 72.9 Å². The molecule has 0 aromatic heterocycles. The zero-order chi connectivity index (χ0) is 18.1. The summed E-state index contributed by atoms with van der Waals surface area (Å²) < 4.78 is 0. The second-order valence-electron chi connectivity index (χ2n) is 7.61. The Morgan fingerprint density at radius 2 is 1.80 bits per heavy atom. The summed E-state index contributed by atoms with van der Waals surface area (Å²) in [5.74, 6) is 0.174. The van der Waals surface area contributed by atoms with E-state index in [0.717, 1.165) is 51.4 Å². The number of amides is 1. The molecule has 1 saturated carbocycles. The van der Waals surface area contributed by atoms with Crippen LogP contribution in [0.5, 0.6) is 0 Å². The summed E-state index contributed by atoms with van der Waals surface area (Å²) in [4.78, 5) is 27.3. The zero-order valence-electron chi connectivity index (χ0n) is 15.7. The van der Waals surface area contributed by atoms with Crippen molar-refractivity contribution in [3.05, 3.63) is 0 Å². The molecule has 1 aliphatic heterocycles. The van der Waals surface area contributed by atoms with Crippen LogP contribution in [0.4, 0.5) is 0 Å². The fourth-order valence-corrected chi connectivity index (χ4v) is 4.27. The van der Waals surface area contributed by atoms with Gasteiger partial charge in [-0.15, -0.1) is 0 Å². The standard InChI is InChI=1S/C19H35N3O3/c1-2-22(15-19(24)25)17-9-12-21(13-10-17)14-18(23)20-11-8-16-6-4-3-5-7-16/h16-17H,2-15H2,1H3,(H,20,23)(H,24,25). The van der Waals surface area contributed by atoms with Gasteiger partial charge in [-0.05, 0) is 31.7 Å². The number of carboxylic acids is 1. The second-order valence-corrected chi connectivity index (χ2v) is 7.61. The monoisotopic (exact) mass is 353 g/mol. The summed E-state index contributed by atoms with van der Waals surface area (Å²) in [6.07, 6.45) is 9.73. The molecule has 2 fully saturated rings. The summed E-state index contributed by atoms with van der Waals surface area (Å²) in [6.45, 7) is 5.91. The molecule has 0 spiro atoms. The molecular formula is C19H35N3O3. The van der Waals surface area contributed by atoms with Crippen molar-refractivity contribution in [2.24, 2.45) is 5.92 Å². The van der Waals surface area contributed by atoms with E-state index in [1.165, 1.54) is 32.1 Å². The molecule has 1 aliphatic carbocycles. The number of carbonyl (C=O) groups excluding carboxylic acids is 1. The van der Waals surface area contributed by atoms with Gasteiger partial charge in [-0.3, -0.25) is 19.4 Å². The van der Waals surface area contributed by atoms with Crippen LogP contribution in [-0.2, 0) is 9.59 Å². The van der Waals surface area contributed by atoms with Crippen LogP contribution in [0.3, 0.4) is 0 Å². The Bertz CT molecular complexity index is 416. The van der Waals surface area contributed by atoms with Crippen LogP contribution in [0, 0.1) is 5.92 Å². The molecule has 0 bridgehead atoms. The fourth-order valence-electron chi connectivity index (χ4n) is 4.27. The number of aliphatic carboxylic acids is 1. The number of carboxylic acid groups (broad SMARTS) is 1. The minimum absolute atomic E-state index is 0.114. The van der Waals surface area contributed by atoms with E-state index < -0.39 is 5.97 Å². The first-order chi connectivity index (χ1) is 12.1. The smallest absolute Gasteiger partial charge is 0.317 e. The van der Waals surface area contributed by atoms with Gasteiger partial charge >= 0.3 is 5.97 Å². The average molecular weight is 354 g/mol. The van der Waals surface area contributed by atoms with Crippen LogP contribution in [0.1, 0.15) is 58.3 Å². The Morgan fingerprint density at radius 1 is 1.12 bits per heavy atom. The lowest BCUT2D eigenvalue weighted by molar-refractivity contribution is -0.139. The third-order valence-corrected chi connectivity index (χ3v) is 5.78. The molecule has 1 amide bonds. The molecule has 2 rings (SSSR count). The molecular weight excluding hydrogens is 318 g/mol. The average Bonchev–Trinajstić information content (AvgIpc) is 2.61. The van der Waals surface area contributed by atoms with Crippen molar-refractivity contribution in [2.45, 2.75) is 64.3 Å². The number of piperidine rings is 1. The summed E-state index contributed by atoms with van der Waals surface area (Å²) in [7, 11) is 0. The van der Waals surface area contributed by atoms with Gasteiger partial charge in [-0.2, -0.15) is 0 Å². The number of likely N-dealkylation sites (tertiary alicyclic amines) is 1. The molecule has 25 heavy (non-hydrogen) atoms. The molecule has 2 aliphatic rings. The highest BCUT2D eigenvalue weighted by Crippen LogP contribution is 2.25. The Labute approximate surface area is 151 Å². The van der Waals surface area contributed by atoms with Crippen molar-refractivity contribution in [3.63, 3.8) is 0 Å². The number of carbonyl (C=O) groups is 2. The van der Waals surface area contributed by atoms with E-state index in [9.17, 15) is 9.59 Å². The van der Waals surface area contributed by atoms with Crippen LogP contribution in [0.25, 0.3) is 0 Å². The van der Waals surface area contributed by atoms with E-state index in [2.05, 4.69) is 10.2 Å². The van der Waals surface area contributed by atoms with E-state index in [1.54, 1.807) is 0 Å². The molecule has 144 valence electrons. The fraction of sp³-hybridized carbons (Fsp3) is 0.895. The van der Waals surface area contributed by atoms with Gasteiger partial charge in [0, 0.05) is 25.7 Å². The number of likely N-dealkylation sites (N-methyl/N-ethyl adjacent to an activating group) is 1. The SMILES string of the molecule is CCN(CC(=O)O)C1CCN(CC(=O)NCCC2CCCCC2)CC1. The van der Waals surface area contributed by atoms with Gasteiger partial charge in [-0.1, -0.05) is 39.0 Å². The predicted molar refractivity (Wildman–Crippen MR) is 98.5 cm³/mol. The second kappa shape index (κ2) is 10.8. The number of hydrogen-bond donors (Lipinski definition) is 2. The number of nitrogens with one attached hydrogen (secondary N) is 1. The Balaban J connectivity index is 1.60. The predicted octanol–water partition coefficient (Wildman–Crippen LogP) is 1.94. The van der Waals surface area contributed by atoms with E-state index in [0.29, 0.717) is 12.6 Å². The van der Waals surface area contributed by atoms with Gasteiger partial charge in [0.15, 0.2) is 0 Å². The lowest BCUT2D eigenvalue weighted by Crippen LogP contribution is -2.48. The molecule has 0 unspecified atom stereocenters. The number of rotatable bonds is 9. The van der Waals surface area contributed by atoms with Crippen LogP contribution in [-0.4, -0.2) is 72.1 Å². The van der Waals surface area contributed by atoms with Gasteiger partial charge in [0.05, 0.1) is 13.1 Å². The molecule has 6 heteroatoms. The highest BCUT2D eigenvalue weighted by molar-refractivity contribution is 5.78. The van der Waals surface area contributed by atoms with Crippen molar-refractivity contribution >= 4 is 11.9 Å². The van der Waals surface area contributed by atoms with E-state index >= 15 is 0 Å². The van der Waals surface area contributed by atoms with Crippen molar-refractivity contribution in [1.29, 1.82) is 0 Å². The molecule has 1 saturated heterocycles. The van der Waals surface area contributed by atoms with E-state index in [-0.39, 0.29) is 12.5 Å². The van der Waals surface area contributed by atoms with Crippen LogP contribution in [0.15, 0.2) is 0 Å². The maximum atomic E-state index is 12.1. The van der Waals surface area contributed by atoms with Gasteiger partial charge in [0.25, 0.3) is 0 Å². The summed E-state index contributed by atoms with van der Waals surface area (Å²) in [6, 6.07) is 0.326. The van der Waals surface area contributed by atoms with Gasteiger partial charge in [0.1, 0.15) is 0 Å². The van der Waals surface area contributed by atoms with Crippen molar-refractivity contribution in [2.75, 3.05) is 39.3 Å². The first kappa shape index (κ1) is 20.2. The van der Waals surface area contributed by atoms with E-state index in [4.69, 9.17) is 5.11 Å². The summed E-state index contributed by atoms with van der Waals surface area (Å²) >= 11 is 0. The molecule has 0 atom stereocenters. The molecule has 0 aromatic rings. The molecule has 0 radical (unpaired) electrons. The Morgan fingerprint density at radius 3 is 2.40 bits per heavy atom. The molecule has 1 heterocycles. The quantitative estimate of drug-likeness (QED) is 0.663. The van der Waals surface area contributed by atoms with Crippen molar-refractivity contribution < 1.29 is 14.7 Å². The normalized spacial score (nSPS) is 20.7. The summed E-state index contributed by atoms with van der Waals surface area (Å²) in [5.41, 5.74) is 0. The summed E-state index contributed by atoms with van der Waals surface area (Å²) in [5, 5.41) is 12.1. The number of hydrogen-bond acceptors (Lipinski definition) is 4. The maximum Gasteiger partial charge on any atom is 0.317 e. The zero-order valence-corrected chi connectivity index (χ0v) is 15.7. The largest absolute Gasteiger partial charge is 0.480 e. The van der Waals surface area contributed by atoms with Gasteiger partial charge in [0.2, 0.25) is 5.91 Å². The lowest BCUT2D eigenvalue weighted by atomic mass is 9.87. The maximum absolute atomic E-state index is 12.1. The third-order valence-electron chi connectivity index (χ3n) is 5.78. The van der Waals surface area contributed by atoms with Gasteiger partial charge < -0.3 is 10.4 Å². The van der Waals surface area contributed by atoms with E-state index in [1.807, 2.05) is 11.8 Å². The third kappa shape index (κ3) is 7.32. The molecule has 2 N–H and O–H groups in total. The van der Waals surface area contributed by atoms with Gasteiger partial charge in [-0.25, -0.2) is 0 Å². The van der Waals surface area contributed by atoms with Crippen LogP contribution >= 0.6 is 0 Å².